The number of benzene rings is 2. The quantitative estimate of drug-likeness (QED) is 0.387. The summed E-state index contributed by atoms with van der Waals surface area (Å²) in [6.45, 7) is 9.06. The van der Waals surface area contributed by atoms with E-state index in [1.807, 2.05) is 6.07 Å². The molecule has 0 aliphatic carbocycles. The zero-order chi connectivity index (χ0) is 18.9. The molecule has 2 aromatic heterocycles. The van der Waals surface area contributed by atoms with Gasteiger partial charge in [-0.25, -0.2) is 8.78 Å². The van der Waals surface area contributed by atoms with E-state index in [1.165, 1.54) is 28.2 Å². The second-order valence-corrected chi connectivity index (χ2v) is 7.15. The molecule has 0 N–H and O–H groups in total. The molecule has 4 heteroatoms. The van der Waals surface area contributed by atoms with Gasteiger partial charge < -0.3 is 9.13 Å². The minimum absolute atomic E-state index is 0.622. The molecule has 0 fully saturated rings. The maximum absolute atomic E-state index is 13.9. The lowest BCUT2D eigenvalue weighted by Crippen LogP contribution is -2.16. The van der Waals surface area contributed by atoms with E-state index < -0.39 is 11.6 Å². The molecule has 0 bridgehead atoms. The molecule has 2 aromatic carbocycles. The van der Waals surface area contributed by atoms with Gasteiger partial charge in [-0.15, -0.1) is 0 Å². The van der Waals surface area contributed by atoms with E-state index in [4.69, 9.17) is 0 Å². The number of nitrogens with zero attached hydrogens (tertiary/aromatic N) is 2. The molecule has 27 heavy (non-hydrogen) atoms. The number of fused-ring (bicyclic) bond motifs is 4. The summed E-state index contributed by atoms with van der Waals surface area (Å²) in [5.41, 5.74) is 7.89. The van der Waals surface area contributed by atoms with Crippen LogP contribution in [0.25, 0.3) is 22.2 Å². The van der Waals surface area contributed by atoms with Crippen LogP contribution in [0.1, 0.15) is 28.1 Å². The third-order valence-electron chi connectivity index (χ3n) is 5.78. The Balaban J connectivity index is 1.74. The van der Waals surface area contributed by atoms with Gasteiger partial charge in [-0.1, -0.05) is 18.2 Å². The fraction of sp³-hybridized carbons (Fsp3) is 0.130. The molecule has 2 radical (unpaired) electrons. The van der Waals surface area contributed by atoms with Crippen LogP contribution < -0.4 is 0 Å². The zero-order valence-electron chi connectivity index (χ0n) is 15.0. The fourth-order valence-electron chi connectivity index (χ4n) is 4.37. The molecule has 0 saturated heterocycles. The van der Waals surface area contributed by atoms with Gasteiger partial charge in [0.05, 0.1) is 12.2 Å². The maximum atomic E-state index is 13.9. The molecule has 0 saturated carbocycles. The van der Waals surface area contributed by atoms with Crippen LogP contribution in [0, 0.1) is 25.5 Å². The van der Waals surface area contributed by atoms with E-state index >= 15 is 0 Å². The highest BCUT2D eigenvalue weighted by molar-refractivity contribution is 5.86. The van der Waals surface area contributed by atoms with Crippen LogP contribution in [0.2, 0.25) is 0 Å². The summed E-state index contributed by atoms with van der Waals surface area (Å²) < 4.78 is 31.6. The van der Waals surface area contributed by atoms with E-state index in [2.05, 4.69) is 48.2 Å². The maximum Gasteiger partial charge on any atom is 0.159 e. The summed E-state index contributed by atoms with van der Waals surface area (Å²) in [5, 5.41) is 1.25. The molecule has 2 nitrogen and oxygen atoms in total. The predicted molar refractivity (Wildman–Crippen MR) is 104 cm³/mol. The lowest BCUT2D eigenvalue weighted by Gasteiger charge is -2.21. The Kier molecular flexibility index (Phi) is 3.36. The van der Waals surface area contributed by atoms with Crippen LogP contribution in [0.15, 0.2) is 42.5 Å². The fourth-order valence-corrected chi connectivity index (χ4v) is 4.37. The first kappa shape index (κ1) is 16.3. The zero-order valence-corrected chi connectivity index (χ0v) is 15.0. The van der Waals surface area contributed by atoms with Gasteiger partial charge in [0.15, 0.2) is 11.6 Å². The molecule has 0 amide bonds. The van der Waals surface area contributed by atoms with Gasteiger partial charge in [-0.2, -0.15) is 0 Å². The van der Waals surface area contributed by atoms with Crippen molar-refractivity contribution in [3.05, 3.63) is 96.0 Å². The molecule has 1 aliphatic rings. The number of hydrogen-bond acceptors (Lipinski definition) is 0. The molecule has 3 heterocycles. The van der Waals surface area contributed by atoms with Crippen molar-refractivity contribution in [1.29, 1.82) is 0 Å². The lowest BCUT2D eigenvalue weighted by molar-refractivity contribution is 0.509. The third-order valence-corrected chi connectivity index (χ3v) is 5.78. The second-order valence-electron chi connectivity index (χ2n) is 7.15. The van der Waals surface area contributed by atoms with Crippen LogP contribution in [0.5, 0.6) is 0 Å². The summed E-state index contributed by atoms with van der Waals surface area (Å²) in [4.78, 5) is 0. The van der Waals surface area contributed by atoms with Gasteiger partial charge in [-0.3, -0.25) is 0 Å². The summed E-state index contributed by atoms with van der Waals surface area (Å²) in [6, 6.07) is 12.4. The summed E-state index contributed by atoms with van der Waals surface area (Å²) in [7, 11) is 2.07. The van der Waals surface area contributed by atoms with E-state index in [0.717, 1.165) is 35.0 Å². The van der Waals surface area contributed by atoms with Gasteiger partial charge in [0.1, 0.15) is 0 Å². The third kappa shape index (κ3) is 2.16. The SMILES string of the molecule is [CH2]c1c([CH2])c(-c2ccc(F)c(F)c2)n2c1Cc1c(n(C)c3ccccc13)C2. The average Bonchev–Trinajstić information content (AvgIpc) is 3.09. The average molecular weight is 360 g/mol. The van der Waals surface area contributed by atoms with E-state index in [1.54, 1.807) is 6.07 Å². The number of aryl methyl sites for hydroxylation is 1. The first-order chi connectivity index (χ1) is 13.0. The Morgan fingerprint density at radius 2 is 1.70 bits per heavy atom. The Morgan fingerprint density at radius 3 is 2.48 bits per heavy atom. The highest BCUT2D eigenvalue weighted by atomic mass is 19.2. The summed E-state index contributed by atoms with van der Waals surface area (Å²) >= 11 is 0. The molecule has 4 aromatic rings. The van der Waals surface area contributed by atoms with Crippen molar-refractivity contribution in [3.63, 3.8) is 0 Å². The monoisotopic (exact) mass is 360 g/mol. The highest BCUT2D eigenvalue weighted by Gasteiger charge is 2.27. The number of rotatable bonds is 1. The second kappa shape index (κ2) is 5.56. The highest BCUT2D eigenvalue weighted by Crippen LogP contribution is 2.39. The largest absolute Gasteiger partial charge is 0.346 e. The smallest absolute Gasteiger partial charge is 0.159 e. The van der Waals surface area contributed by atoms with E-state index in [-0.39, 0.29) is 0 Å². The van der Waals surface area contributed by atoms with Crippen molar-refractivity contribution in [3.8, 4) is 11.3 Å². The number of hydrogen-bond donors (Lipinski definition) is 0. The molecule has 0 atom stereocenters. The minimum Gasteiger partial charge on any atom is -0.346 e. The topological polar surface area (TPSA) is 9.86 Å². The van der Waals surface area contributed by atoms with Gasteiger partial charge in [0.25, 0.3) is 0 Å². The predicted octanol–water partition coefficient (Wildman–Crippen LogP) is 5.24. The van der Waals surface area contributed by atoms with Crippen molar-refractivity contribution >= 4 is 10.9 Å². The van der Waals surface area contributed by atoms with Gasteiger partial charge in [0, 0.05) is 41.3 Å². The molecule has 134 valence electrons. The molecular formula is C23H18F2N2. The summed E-state index contributed by atoms with van der Waals surface area (Å²) in [5.74, 6) is -1.70. The molecule has 1 aliphatic heterocycles. The van der Waals surface area contributed by atoms with Crippen LogP contribution in [-0.4, -0.2) is 9.13 Å². The first-order valence-electron chi connectivity index (χ1n) is 8.87. The van der Waals surface area contributed by atoms with Gasteiger partial charge in [-0.05, 0) is 54.8 Å². The number of halogens is 2. The van der Waals surface area contributed by atoms with Crippen molar-refractivity contribution in [2.75, 3.05) is 0 Å². The van der Waals surface area contributed by atoms with Crippen LogP contribution in [-0.2, 0) is 20.0 Å². The van der Waals surface area contributed by atoms with Crippen molar-refractivity contribution in [1.82, 2.24) is 9.13 Å². The molecular weight excluding hydrogens is 342 g/mol. The lowest BCUT2D eigenvalue weighted by atomic mass is 10.00. The standard InChI is InChI=1S/C23H18F2N2/c1-13-14(2)23(15-8-9-18(24)19(25)10-15)27-12-22-17(11-21(13)27)16-6-4-5-7-20(16)26(22)3/h4-10H,1-2,11-12H2,3H3. The Bertz CT molecular complexity index is 1230. The number of aromatic nitrogens is 2. The van der Waals surface area contributed by atoms with Crippen molar-refractivity contribution < 1.29 is 8.78 Å². The first-order valence-corrected chi connectivity index (χ1v) is 8.87. The van der Waals surface area contributed by atoms with Crippen LogP contribution >= 0.6 is 0 Å². The number of para-hydroxylation sites is 1. The van der Waals surface area contributed by atoms with Gasteiger partial charge >= 0.3 is 0 Å². The Morgan fingerprint density at radius 1 is 0.926 bits per heavy atom. The van der Waals surface area contributed by atoms with E-state index in [0.29, 0.717) is 12.1 Å². The summed E-state index contributed by atoms with van der Waals surface area (Å²) in [6.07, 6.45) is 0.752. The molecule has 0 spiro atoms. The molecule has 0 unspecified atom stereocenters. The van der Waals surface area contributed by atoms with Crippen LogP contribution in [0.4, 0.5) is 8.78 Å². The van der Waals surface area contributed by atoms with E-state index in [9.17, 15) is 8.78 Å². The molecule has 5 rings (SSSR count). The Hall–Kier alpha value is -2.88. The normalized spacial score (nSPS) is 13.1. The van der Waals surface area contributed by atoms with Gasteiger partial charge in [0.2, 0.25) is 0 Å². The minimum atomic E-state index is -0.853. The Labute approximate surface area is 156 Å². The van der Waals surface area contributed by atoms with Crippen molar-refractivity contribution in [2.45, 2.75) is 13.0 Å². The van der Waals surface area contributed by atoms with Crippen molar-refractivity contribution in [2.24, 2.45) is 7.05 Å². The van der Waals surface area contributed by atoms with Crippen LogP contribution in [0.3, 0.4) is 0 Å².